The van der Waals surface area contributed by atoms with E-state index < -0.39 is 0 Å². The third kappa shape index (κ3) is 6.08. The lowest BCUT2D eigenvalue weighted by atomic mass is 10.2. The summed E-state index contributed by atoms with van der Waals surface area (Å²) in [6, 6.07) is 8.08. The highest BCUT2D eigenvalue weighted by Gasteiger charge is 2.18. The number of hydrogen-bond acceptors (Lipinski definition) is 3. The molecule has 4 nitrogen and oxygen atoms in total. The summed E-state index contributed by atoms with van der Waals surface area (Å²) in [6.45, 7) is 7.74. The number of carbonyl (C=O) groups is 1. The lowest BCUT2D eigenvalue weighted by Gasteiger charge is -2.15. The van der Waals surface area contributed by atoms with Crippen LogP contribution in [0.25, 0.3) is 0 Å². The van der Waals surface area contributed by atoms with Crippen molar-refractivity contribution in [3.05, 3.63) is 42.5 Å². The summed E-state index contributed by atoms with van der Waals surface area (Å²) in [4.78, 5) is 13.4. The monoisotopic (exact) mass is 324 g/mol. The summed E-state index contributed by atoms with van der Waals surface area (Å²) in [5.74, 6) is 1.18. The van der Waals surface area contributed by atoms with E-state index >= 15 is 0 Å². The van der Waals surface area contributed by atoms with E-state index in [4.69, 9.17) is 4.74 Å². The molecule has 0 spiro atoms. The van der Waals surface area contributed by atoms with Crippen LogP contribution in [0.2, 0.25) is 0 Å². The van der Waals surface area contributed by atoms with Crippen LogP contribution in [0, 0.1) is 0 Å². The van der Waals surface area contributed by atoms with Gasteiger partial charge in [-0.3, -0.25) is 4.79 Å². The van der Waals surface area contributed by atoms with Gasteiger partial charge in [0.2, 0.25) is 5.91 Å². The summed E-state index contributed by atoms with van der Waals surface area (Å²) in [5.41, 5.74) is 1.23. The molecule has 0 aromatic heterocycles. The fourth-order valence-electron chi connectivity index (χ4n) is 2.43. The van der Waals surface area contributed by atoms with Gasteiger partial charge in [0.1, 0.15) is 12.4 Å². The number of amides is 1. The summed E-state index contributed by atoms with van der Waals surface area (Å²) >= 11 is 0. The van der Waals surface area contributed by atoms with E-state index in [-0.39, 0.29) is 12.4 Å². The SMILES string of the molecule is C=CCOc1ccc(CNCCCN2CCCC2=O)cc1.Cl. The largest absolute Gasteiger partial charge is 0.490 e. The van der Waals surface area contributed by atoms with E-state index in [1.165, 1.54) is 5.56 Å². The molecule has 5 heteroatoms. The zero-order valence-electron chi connectivity index (χ0n) is 12.9. The van der Waals surface area contributed by atoms with Gasteiger partial charge in [0, 0.05) is 26.1 Å². The number of halogens is 1. The van der Waals surface area contributed by atoms with Gasteiger partial charge in [-0.25, -0.2) is 0 Å². The number of nitrogens with one attached hydrogen (secondary N) is 1. The Balaban J connectivity index is 0.00000242. The number of hydrogen-bond donors (Lipinski definition) is 1. The van der Waals surface area contributed by atoms with Gasteiger partial charge in [-0.2, -0.15) is 0 Å². The third-order valence-corrected chi connectivity index (χ3v) is 3.57. The first-order valence-corrected chi connectivity index (χ1v) is 7.61. The standard InChI is InChI=1S/C17H24N2O2.ClH/c1-2-13-21-16-8-6-15(7-9-16)14-18-10-4-12-19-11-3-5-17(19)20;/h2,6-9,18H,1,3-5,10-14H2;1H. The van der Waals surface area contributed by atoms with Crippen LogP contribution < -0.4 is 10.1 Å². The summed E-state index contributed by atoms with van der Waals surface area (Å²) in [6.07, 6.45) is 4.49. The molecule has 0 radical (unpaired) electrons. The maximum atomic E-state index is 11.5. The minimum absolute atomic E-state index is 0. The van der Waals surface area contributed by atoms with Gasteiger partial charge in [-0.15, -0.1) is 12.4 Å². The number of nitrogens with zero attached hydrogens (tertiary/aromatic N) is 1. The topological polar surface area (TPSA) is 41.6 Å². The molecule has 2 rings (SSSR count). The molecule has 1 aliphatic heterocycles. The van der Waals surface area contributed by atoms with Crippen LogP contribution in [-0.2, 0) is 11.3 Å². The lowest BCUT2D eigenvalue weighted by Crippen LogP contribution is -2.28. The smallest absolute Gasteiger partial charge is 0.222 e. The van der Waals surface area contributed by atoms with Gasteiger partial charge in [-0.1, -0.05) is 24.8 Å². The van der Waals surface area contributed by atoms with Crippen molar-refractivity contribution in [2.75, 3.05) is 26.2 Å². The Kier molecular flexibility index (Phi) is 8.63. The van der Waals surface area contributed by atoms with Crippen molar-refractivity contribution in [3.63, 3.8) is 0 Å². The van der Waals surface area contributed by atoms with Gasteiger partial charge in [0.15, 0.2) is 0 Å². The van der Waals surface area contributed by atoms with Crippen molar-refractivity contribution in [2.45, 2.75) is 25.8 Å². The predicted octanol–water partition coefficient (Wildman–Crippen LogP) is 2.78. The Labute approximate surface area is 138 Å². The quantitative estimate of drug-likeness (QED) is 0.561. The molecule has 1 N–H and O–H groups in total. The van der Waals surface area contributed by atoms with Crippen LogP contribution in [0.4, 0.5) is 0 Å². The Bertz CT molecular complexity index is 462. The molecule has 1 saturated heterocycles. The molecule has 22 heavy (non-hydrogen) atoms. The molecular weight excluding hydrogens is 300 g/mol. The molecule has 1 aromatic rings. The normalized spacial score (nSPS) is 13.8. The third-order valence-electron chi connectivity index (χ3n) is 3.57. The Morgan fingerprint density at radius 3 is 2.73 bits per heavy atom. The van der Waals surface area contributed by atoms with Crippen molar-refractivity contribution < 1.29 is 9.53 Å². The highest BCUT2D eigenvalue weighted by molar-refractivity contribution is 5.85. The molecule has 1 amide bonds. The molecule has 0 bridgehead atoms. The Morgan fingerprint density at radius 1 is 1.32 bits per heavy atom. The van der Waals surface area contributed by atoms with Crippen molar-refractivity contribution in [1.29, 1.82) is 0 Å². The van der Waals surface area contributed by atoms with Crippen LogP contribution >= 0.6 is 12.4 Å². The van der Waals surface area contributed by atoms with Crippen LogP contribution in [0.5, 0.6) is 5.75 Å². The van der Waals surface area contributed by atoms with Crippen molar-refractivity contribution >= 4 is 18.3 Å². The fraction of sp³-hybridized carbons (Fsp3) is 0.471. The maximum absolute atomic E-state index is 11.5. The van der Waals surface area contributed by atoms with Crippen molar-refractivity contribution in [3.8, 4) is 5.75 Å². The first-order valence-electron chi connectivity index (χ1n) is 7.61. The minimum atomic E-state index is 0. The van der Waals surface area contributed by atoms with Crippen LogP contribution in [-0.4, -0.2) is 37.0 Å². The van der Waals surface area contributed by atoms with Crippen LogP contribution in [0.15, 0.2) is 36.9 Å². The van der Waals surface area contributed by atoms with Crippen LogP contribution in [0.3, 0.4) is 0 Å². The van der Waals surface area contributed by atoms with E-state index in [1.54, 1.807) is 6.08 Å². The van der Waals surface area contributed by atoms with Gasteiger partial charge in [0.25, 0.3) is 0 Å². The fourth-order valence-corrected chi connectivity index (χ4v) is 2.43. The van der Waals surface area contributed by atoms with Gasteiger partial charge in [0.05, 0.1) is 0 Å². The Morgan fingerprint density at radius 2 is 2.09 bits per heavy atom. The number of carbonyl (C=O) groups excluding carboxylic acids is 1. The molecule has 1 aliphatic rings. The molecule has 0 aliphatic carbocycles. The number of ether oxygens (including phenoxy) is 1. The first kappa shape index (κ1) is 18.5. The van der Waals surface area contributed by atoms with Crippen LogP contribution in [0.1, 0.15) is 24.8 Å². The molecule has 1 fully saturated rings. The Hall–Kier alpha value is -1.52. The van der Waals surface area contributed by atoms with Crippen molar-refractivity contribution in [2.24, 2.45) is 0 Å². The average molecular weight is 325 g/mol. The summed E-state index contributed by atoms with van der Waals surface area (Å²) in [5, 5.41) is 3.41. The number of rotatable bonds is 9. The molecule has 1 heterocycles. The molecular formula is C17H25ClN2O2. The highest BCUT2D eigenvalue weighted by Crippen LogP contribution is 2.12. The summed E-state index contributed by atoms with van der Waals surface area (Å²) in [7, 11) is 0. The second-order valence-electron chi connectivity index (χ2n) is 5.26. The maximum Gasteiger partial charge on any atom is 0.222 e. The predicted molar refractivity (Wildman–Crippen MR) is 91.5 cm³/mol. The molecule has 0 saturated carbocycles. The summed E-state index contributed by atoms with van der Waals surface area (Å²) < 4.78 is 5.44. The van der Waals surface area contributed by atoms with Gasteiger partial charge < -0.3 is 15.0 Å². The van der Waals surface area contributed by atoms with E-state index in [2.05, 4.69) is 24.0 Å². The van der Waals surface area contributed by atoms with Gasteiger partial charge >= 0.3 is 0 Å². The molecule has 0 unspecified atom stereocenters. The lowest BCUT2D eigenvalue weighted by molar-refractivity contribution is -0.127. The number of likely N-dealkylation sites (tertiary alicyclic amines) is 1. The second-order valence-corrected chi connectivity index (χ2v) is 5.26. The minimum Gasteiger partial charge on any atom is -0.490 e. The van der Waals surface area contributed by atoms with Gasteiger partial charge in [-0.05, 0) is 37.1 Å². The van der Waals surface area contributed by atoms with E-state index in [9.17, 15) is 4.79 Å². The molecule has 0 atom stereocenters. The first-order chi connectivity index (χ1) is 10.3. The van der Waals surface area contributed by atoms with E-state index in [0.717, 1.165) is 51.2 Å². The van der Waals surface area contributed by atoms with Crippen molar-refractivity contribution in [1.82, 2.24) is 10.2 Å². The zero-order valence-corrected chi connectivity index (χ0v) is 13.7. The van der Waals surface area contributed by atoms with E-state index in [1.807, 2.05) is 17.0 Å². The molecule has 1 aromatic carbocycles. The zero-order chi connectivity index (χ0) is 14.9. The average Bonchev–Trinajstić information content (AvgIpc) is 2.91. The second kappa shape index (κ2) is 10.2. The van der Waals surface area contributed by atoms with E-state index in [0.29, 0.717) is 12.5 Å². The molecule has 122 valence electrons. The highest BCUT2D eigenvalue weighted by atomic mass is 35.5. The number of benzene rings is 1.